The van der Waals surface area contributed by atoms with Gasteiger partial charge in [-0.15, -0.1) is 10.2 Å². The highest BCUT2D eigenvalue weighted by Gasteiger charge is 2.10. The Hall–Kier alpha value is -0.660. The highest BCUT2D eigenvalue weighted by Crippen LogP contribution is 2.16. The van der Waals surface area contributed by atoms with E-state index in [2.05, 4.69) is 22.2 Å². The maximum atomic E-state index is 5.49. The molecule has 0 amide bonds. The lowest BCUT2D eigenvalue weighted by atomic mass is 10.5. The molecule has 0 saturated carbocycles. The Balaban J connectivity index is 2.23. The molecular weight excluding hydrogens is 230 g/mol. The van der Waals surface area contributed by atoms with E-state index >= 15 is 0 Å². The molecule has 0 saturated heterocycles. The lowest BCUT2D eigenvalue weighted by molar-refractivity contribution is 0.832. The molecule has 0 aromatic carbocycles. The standard InChI is InChI=1S/C8H13N5S2/c1-2-14-5-6-10-11-8-13(6)12-7(15-8)3-4-9/h2-5,9H2,1H3. The molecular formula is C8H13N5S2. The van der Waals surface area contributed by atoms with Crippen LogP contribution in [0.3, 0.4) is 0 Å². The van der Waals surface area contributed by atoms with E-state index in [9.17, 15) is 0 Å². The SMILES string of the molecule is CCSCc1nnc2sc(CCN)nn12. The van der Waals surface area contributed by atoms with Gasteiger partial charge in [0.15, 0.2) is 5.82 Å². The minimum absolute atomic E-state index is 0.628. The number of rotatable bonds is 5. The van der Waals surface area contributed by atoms with E-state index in [1.165, 1.54) is 0 Å². The van der Waals surface area contributed by atoms with Crippen molar-refractivity contribution in [1.29, 1.82) is 0 Å². The summed E-state index contributed by atoms with van der Waals surface area (Å²) in [4.78, 5) is 0.866. The van der Waals surface area contributed by atoms with E-state index in [-0.39, 0.29) is 0 Å². The first-order valence-corrected chi connectivity index (χ1v) is 6.80. The van der Waals surface area contributed by atoms with E-state index < -0.39 is 0 Å². The van der Waals surface area contributed by atoms with Gasteiger partial charge in [-0.3, -0.25) is 0 Å². The van der Waals surface area contributed by atoms with Gasteiger partial charge in [0.25, 0.3) is 0 Å². The van der Waals surface area contributed by atoms with Crippen LogP contribution in [0.5, 0.6) is 0 Å². The van der Waals surface area contributed by atoms with Crippen LogP contribution in [0.2, 0.25) is 0 Å². The molecule has 0 bridgehead atoms. The zero-order valence-corrected chi connectivity index (χ0v) is 10.1. The third-order valence-electron chi connectivity index (χ3n) is 1.89. The highest BCUT2D eigenvalue weighted by atomic mass is 32.2. The average Bonchev–Trinajstić information content (AvgIpc) is 2.76. The molecule has 0 aliphatic heterocycles. The molecule has 5 nitrogen and oxygen atoms in total. The molecule has 2 rings (SSSR count). The predicted octanol–water partition coefficient (Wildman–Crippen LogP) is 0.940. The second kappa shape index (κ2) is 4.91. The van der Waals surface area contributed by atoms with Crippen molar-refractivity contribution in [3.63, 3.8) is 0 Å². The minimum atomic E-state index is 0.628. The zero-order chi connectivity index (χ0) is 10.7. The first kappa shape index (κ1) is 10.8. The van der Waals surface area contributed by atoms with Gasteiger partial charge < -0.3 is 5.73 Å². The second-order valence-corrected chi connectivity index (χ2v) is 5.30. The van der Waals surface area contributed by atoms with Crippen molar-refractivity contribution >= 4 is 28.1 Å². The summed E-state index contributed by atoms with van der Waals surface area (Å²) in [5.74, 6) is 2.87. The van der Waals surface area contributed by atoms with Gasteiger partial charge in [0.05, 0.1) is 5.75 Å². The minimum Gasteiger partial charge on any atom is -0.330 e. The monoisotopic (exact) mass is 243 g/mol. The summed E-state index contributed by atoms with van der Waals surface area (Å²) in [5, 5.41) is 13.7. The van der Waals surface area contributed by atoms with Crippen LogP contribution >= 0.6 is 23.1 Å². The molecule has 15 heavy (non-hydrogen) atoms. The van der Waals surface area contributed by atoms with E-state index in [0.29, 0.717) is 6.54 Å². The normalized spacial score (nSPS) is 11.3. The summed E-state index contributed by atoms with van der Waals surface area (Å²) in [6.45, 7) is 2.76. The molecule has 82 valence electrons. The van der Waals surface area contributed by atoms with Gasteiger partial charge in [0.1, 0.15) is 5.01 Å². The Bertz CT molecular complexity index is 435. The summed E-state index contributed by atoms with van der Waals surface area (Å²) in [6.07, 6.45) is 0.814. The van der Waals surface area contributed by atoms with Gasteiger partial charge in [0.2, 0.25) is 4.96 Å². The molecule has 2 aromatic heterocycles. The predicted molar refractivity (Wildman–Crippen MR) is 63.3 cm³/mol. The molecule has 7 heteroatoms. The summed E-state index contributed by atoms with van der Waals surface area (Å²) >= 11 is 3.39. The zero-order valence-electron chi connectivity index (χ0n) is 8.51. The van der Waals surface area contributed by atoms with E-state index in [1.807, 2.05) is 16.3 Å². The fourth-order valence-electron chi connectivity index (χ4n) is 1.20. The van der Waals surface area contributed by atoms with Gasteiger partial charge in [0, 0.05) is 6.42 Å². The highest BCUT2D eigenvalue weighted by molar-refractivity contribution is 7.98. The van der Waals surface area contributed by atoms with Crippen LogP contribution in [-0.2, 0) is 12.2 Å². The Labute approximate surface area is 96.1 Å². The molecule has 0 spiro atoms. The largest absolute Gasteiger partial charge is 0.330 e. The van der Waals surface area contributed by atoms with Gasteiger partial charge in [-0.25, -0.2) is 0 Å². The summed E-state index contributed by atoms with van der Waals surface area (Å²) in [5.41, 5.74) is 5.49. The lowest BCUT2D eigenvalue weighted by Gasteiger charge is -1.93. The van der Waals surface area contributed by atoms with Crippen LogP contribution in [0.25, 0.3) is 4.96 Å². The van der Waals surface area contributed by atoms with Crippen molar-refractivity contribution < 1.29 is 0 Å². The Morgan fingerprint density at radius 2 is 2.33 bits per heavy atom. The van der Waals surface area contributed by atoms with Crippen molar-refractivity contribution in [3.05, 3.63) is 10.8 Å². The van der Waals surface area contributed by atoms with E-state index in [0.717, 1.165) is 33.7 Å². The van der Waals surface area contributed by atoms with E-state index in [4.69, 9.17) is 5.73 Å². The van der Waals surface area contributed by atoms with Crippen molar-refractivity contribution in [1.82, 2.24) is 19.8 Å². The molecule has 2 aromatic rings. The molecule has 0 unspecified atom stereocenters. The van der Waals surface area contributed by atoms with Crippen LogP contribution in [0.1, 0.15) is 17.8 Å². The Kier molecular flexibility index (Phi) is 3.55. The van der Waals surface area contributed by atoms with Crippen molar-refractivity contribution in [3.8, 4) is 0 Å². The van der Waals surface area contributed by atoms with Crippen LogP contribution in [0.4, 0.5) is 0 Å². The first-order valence-electron chi connectivity index (χ1n) is 4.83. The van der Waals surface area contributed by atoms with Crippen LogP contribution in [0, 0.1) is 0 Å². The molecule has 2 N–H and O–H groups in total. The molecule has 0 aliphatic rings. The van der Waals surface area contributed by atoms with Crippen LogP contribution < -0.4 is 5.73 Å². The maximum Gasteiger partial charge on any atom is 0.234 e. The number of hydrogen-bond donors (Lipinski definition) is 1. The number of thioether (sulfide) groups is 1. The van der Waals surface area contributed by atoms with Crippen molar-refractivity contribution in [2.24, 2.45) is 5.73 Å². The van der Waals surface area contributed by atoms with Gasteiger partial charge >= 0.3 is 0 Å². The third-order valence-corrected chi connectivity index (χ3v) is 3.72. The number of aromatic nitrogens is 4. The quantitative estimate of drug-likeness (QED) is 0.846. The summed E-state index contributed by atoms with van der Waals surface area (Å²) in [7, 11) is 0. The van der Waals surface area contributed by atoms with Gasteiger partial charge in [-0.2, -0.15) is 21.4 Å². The number of nitrogens with zero attached hydrogens (tertiary/aromatic N) is 4. The number of fused-ring (bicyclic) bond motifs is 1. The van der Waals surface area contributed by atoms with Crippen LogP contribution in [0.15, 0.2) is 0 Å². The Morgan fingerprint density at radius 1 is 1.47 bits per heavy atom. The number of hydrogen-bond acceptors (Lipinski definition) is 6. The molecule has 0 aliphatic carbocycles. The average molecular weight is 243 g/mol. The summed E-state index contributed by atoms with van der Waals surface area (Å²) < 4.78 is 1.83. The van der Waals surface area contributed by atoms with Gasteiger partial charge in [-0.1, -0.05) is 18.3 Å². The third kappa shape index (κ3) is 2.30. The smallest absolute Gasteiger partial charge is 0.234 e. The second-order valence-electron chi connectivity index (χ2n) is 2.98. The molecule has 0 atom stereocenters. The van der Waals surface area contributed by atoms with Crippen molar-refractivity contribution in [2.75, 3.05) is 12.3 Å². The molecule has 0 radical (unpaired) electrons. The summed E-state index contributed by atoms with van der Waals surface area (Å²) in [6, 6.07) is 0. The van der Waals surface area contributed by atoms with E-state index in [1.54, 1.807) is 11.3 Å². The number of nitrogens with two attached hydrogens (primary N) is 1. The first-order chi connectivity index (χ1) is 7.35. The van der Waals surface area contributed by atoms with Crippen LogP contribution in [-0.4, -0.2) is 32.1 Å². The molecule has 0 fully saturated rings. The lowest BCUT2D eigenvalue weighted by Crippen LogP contribution is -2.03. The molecule has 2 heterocycles. The van der Waals surface area contributed by atoms with Crippen molar-refractivity contribution in [2.45, 2.75) is 19.1 Å². The Morgan fingerprint density at radius 3 is 3.07 bits per heavy atom. The fourth-order valence-corrected chi connectivity index (χ4v) is 2.64. The topological polar surface area (TPSA) is 69.1 Å². The fraction of sp³-hybridized carbons (Fsp3) is 0.625. The van der Waals surface area contributed by atoms with Gasteiger partial charge in [-0.05, 0) is 12.3 Å². The maximum absolute atomic E-state index is 5.49.